The first kappa shape index (κ1) is 40.7. The number of methoxy groups -OCH3 is 1. The van der Waals surface area contributed by atoms with Gasteiger partial charge in [-0.15, -0.1) is 0 Å². The smallest absolute Gasteiger partial charge is 0.274 e. The standard InChI is InChI=1S/C22H25N3O5.C21H22N2O6/c1-21(2)17-12-15(23(3)4)5-6-18(17)24(9-10-26)22(21)8-7-14-11-16(25(28)29)13-19(27)20(14)30-22;1-20(2)16-12-15(28-3)4-5-17(16)22(8-9-24)21(20)7-6-13-10-14(23(26)27)11-18(25)19(13)29-21/h5-8,11-13,26-27H,9-10H2,1-4H3;4-7,10-12,24-25H,8-9H2,1-3H3. The lowest BCUT2D eigenvalue weighted by Crippen LogP contribution is -2.60. The number of aromatic hydroxyl groups is 2. The number of nitrogens with zero attached hydrogens (tertiary/aromatic N) is 5. The Morgan fingerprint density at radius 1 is 0.695 bits per heavy atom. The number of anilines is 3. The molecule has 59 heavy (non-hydrogen) atoms. The first-order chi connectivity index (χ1) is 27.9. The number of aliphatic hydroxyl groups excluding tert-OH is 2. The summed E-state index contributed by atoms with van der Waals surface area (Å²) in [6.45, 7) is 8.59. The number of non-ortho nitro benzene ring substituents is 2. The molecule has 4 heterocycles. The van der Waals surface area contributed by atoms with Crippen LogP contribution in [-0.4, -0.2) is 89.2 Å². The lowest BCUT2D eigenvalue weighted by atomic mass is 9.76. The number of aliphatic hydroxyl groups is 2. The fourth-order valence-corrected chi connectivity index (χ4v) is 8.78. The molecule has 0 aromatic heterocycles. The molecule has 2 spiro atoms. The zero-order chi connectivity index (χ0) is 42.8. The molecule has 4 aromatic rings. The minimum Gasteiger partial charge on any atom is -0.504 e. The van der Waals surface area contributed by atoms with Gasteiger partial charge in [0.15, 0.2) is 23.0 Å². The molecule has 310 valence electrons. The maximum atomic E-state index is 11.2. The Hall–Kier alpha value is -6.52. The molecule has 0 saturated heterocycles. The minimum absolute atomic E-state index is 0.0804. The van der Waals surface area contributed by atoms with Crippen molar-refractivity contribution >= 4 is 40.6 Å². The predicted octanol–water partition coefficient (Wildman–Crippen LogP) is 6.46. The van der Waals surface area contributed by atoms with E-state index < -0.39 is 32.1 Å². The second kappa shape index (κ2) is 14.4. The summed E-state index contributed by atoms with van der Waals surface area (Å²) in [5, 5.41) is 62.7. The Bertz CT molecular complexity index is 2430. The fourth-order valence-electron chi connectivity index (χ4n) is 8.78. The summed E-state index contributed by atoms with van der Waals surface area (Å²) in [4.78, 5) is 27.1. The Balaban J connectivity index is 0.000000179. The van der Waals surface area contributed by atoms with E-state index in [2.05, 4.69) is 19.9 Å². The van der Waals surface area contributed by atoms with Crippen LogP contribution in [0.5, 0.6) is 28.7 Å². The summed E-state index contributed by atoms with van der Waals surface area (Å²) in [6.07, 6.45) is 7.17. The van der Waals surface area contributed by atoms with Crippen molar-refractivity contribution in [2.75, 3.05) is 62.2 Å². The van der Waals surface area contributed by atoms with Crippen LogP contribution in [0.15, 0.2) is 72.8 Å². The van der Waals surface area contributed by atoms with E-state index in [9.17, 15) is 40.7 Å². The third kappa shape index (κ3) is 6.12. The first-order valence-electron chi connectivity index (χ1n) is 18.9. The van der Waals surface area contributed by atoms with E-state index in [0.29, 0.717) is 30.0 Å². The monoisotopic (exact) mass is 809 g/mol. The van der Waals surface area contributed by atoms with Crippen molar-refractivity contribution in [1.29, 1.82) is 0 Å². The Morgan fingerprint density at radius 3 is 1.54 bits per heavy atom. The van der Waals surface area contributed by atoms with Gasteiger partial charge in [-0.2, -0.15) is 0 Å². The number of hydrogen-bond donors (Lipinski definition) is 4. The van der Waals surface area contributed by atoms with Crippen LogP contribution < -0.4 is 28.9 Å². The molecule has 4 aliphatic rings. The molecule has 4 aromatic carbocycles. The summed E-state index contributed by atoms with van der Waals surface area (Å²) in [5.74, 6) is 0.490. The van der Waals surface area contributed by atoms with E-state index in [1.807, 2.05) is 85.1 Å². The van der Waals surface area contributed by atoms with Gasteiger partial charge in [0.2, 0.25) is 11.4 Å². The number of benzene rings is 4. The van der Waals surface area contributed by atoms with Gasteiger partial charge in [-0.25, -0.2) is 0 Å². The Morgan fingerprint density at radius 2 is 1.14 bits per heavy atom. The molecular weight excluding hydrogens is 762 g/mol. The number of nitro groups is 2. The Labute approximate surface area is 340 Å². The molecule has 2 atom stereocenters. The molecule has 16 nitrogen and oxygen atoms in total. The van der Waals surface area contributed by atoms with Gasteiger partial charge in [0.25, 0.3) is 11.4 Å². The number of fused-ring (bicyclic) bond motifs is 4. The maximum Gasteiger partial charge on any atom is 0.274 e. The van der Waals surface area contributed by atoms with Crippen molar-refractivity contribution in [1.82, 2.24) is 0 Å². The number of phenolic OH excluding ortho intramolecular Hbond substituents is 2. The molecule has 8 rings (SSSR count). The number of hydrogen-bond acceptors (Lipinski definition) is 14. The summed E-state index contributed by atoms with van der Waals surface area (Å²) >= 11 is 0. The molecule has 0 fully saturated rings. The largest absolute Gasteiger partial charge is 0.504 e. The molecule has 4 aliphatic heterocycles. The van der Waals surface area contributed by atoms with Crippen molar-refractivity contribution in [3.8, 4) is 28.7 Å². The zero-order valence-corrected chi connectivity index (χ0v) is 33.8. The molecule has 0 aliphatic carbocycles. The molecular formula is C43H47N5O11. The third-order valence-corrected chi connectivity index (χ3v) is 11.9. The lowest BCUT2D eigenvalue weighted by Gasteiger charge is -2.47. The number of rotatable bonds is 8. The fraction of sp³-hybridized carbons (Fsp3) is 0.349. The van der Waals surface area contributed by atoms with Gasteiger partial charge >= 0.3 is 0 Å². The SMILES string of the molecule is CN(C)c1ccc2c(c1)C(C)(C)C1(C=Cc3cc([N+](=O)[O-])cc(O)c3O1)N2CCO.COc1ccc2c(c1)C(C)(C)C1(C=Cc3cc([N+](=O)[O-])cc(O)c3O1)N2CCO. The van der Waals surface area contributed by atoms with Gasteiger partial charge in [-0.3, -0.25) is 20.2 Å². The number of β-amino-alcohol motifs (C(OH)–C–C–N with tert-alkyl or cyclic N) is 2. The van der Waals surface area contributed by atoms with Crippen molar-refractivity contribution < 1.29 is 44.5 Å². The van der Waals surface area contributed by atoms with Crippen LogP contribution in [0, 0.1) is 20.2 Å². The van der Waals surface area contributed by atoms with Crippen LogP contribution >= 0.6 is 0 Å². The maximum absolute atomic E-state index is 11.2. The van der Waals surface area contributed by atoms with Crippen LogP contribution in [0.4, 0.5) is 28.4 Å². The van der Waals surface area contributed by atoms with Crippen molar-refractivity contribution in [3.63, 3.8) is 0 Å². The van der Waals surface area contributed by atoms with E-state index in [4.69, 9.17) is 14.2 Å². The van der Waals surface area contributed by atoms with Gasteiger partial charge in [-0.1, -0.05) is 0 Å². The Kier molecular flexibility index (Phi) is 9.92. The topological polar surface area (TPSA) is 205 Å². The number of ether oxygens (including phenoxy) is 3. The van der Waals surface area contributed by atoms with E-state index in [1.165, 1.54) is 12.1 Å². The molecule has 4 N–H and O–H groups in total. The highest BCUT2D eigenvalue weighted by molar-refractivity contribution is 5.78. The highest BCUT2D eigenvalue weighted by atomic mass is 16.6. The molecule has 2 unspecified atom stereocenters. The zero-order valence-electron chi connectivity index (χ0n) is 33.8. The van der Waals surface area contributed by atoms with Gasteiger partial charge in [0, 0.05) is 67.5 Å². The van der Waals surface area contributed by atoms with Gasteiger partial charge in [0.05, 0.1) is 53.1 Å². The van der Waals surface area contributed by atoms with Gasteiger partial charge < -0.3 is 49.3 Å². The quantitative estimate of drug-likeness (QED) is 0.111. The summed E-state index contributed by atoms with van der Waals surface area (Å²) in [7, 11) is 5.55. The van der Waals surface area contributed by atoms with E-state index >= 15 is 0 Å². The van der Waals surface area contributed by atoms with Gasteiger partial charge in [0.1, 0.15) is 5.75 Å². The number of nitro benzene ring substituents is 2. The molecule has 16 heteroatoms. The minimum atomic E-state index is -1.04. The second-order valence-electron chi connectivity index (χ2n) is 16.0. The van der Waals surface area contributed by atoms with E-state index in [-0.39, 0.29) is 47.6 Å². The first-order valence-corrected chi connectivity index (χ1v) is 18.9. The van der Waals surface area contributed by atoms with Crippen LogP contribution in [-0.2, 0) is 10.8 Å². The molecule has 0 bridgehead atoms. The van der Waals surface area contributed by atoms with Crippen LogP contribution in [0.3, 0.4) is 0 Å². The van der Waals surface area contributed by atoms with Crippen molar-refractivity contribution in [2.45, 2.75) is 50.0 Å². The second-order valence-corrected chi connectivity index (χ2v) is 16.0. The van der Waals surface area contributed by atoms with E-state index in [1.54, 1.807) is 19.3 Å². The summed E-state index contributed by atoms with van der Waals surface area (Å²) in [6, 6.07) is 16.8. The highest BCUT2D eigenvalue weighted by Gasteiger charge is 2.60. The summed E-state index contributed by atoms with van der Waals surface area (Å²) in [5.41, 5.74) is 2.16. The molecule has 0 amide bonds. The van der Waals surface area contributed by atoms with Crippen LogP contribution in [0.25, 0.3) is 12.2 Å². The molecule has 0 radical (unpaired) electrons. The van der Waals surface area contributed by atoms with E-state index in [0.717, 1.165) is 40.3 Å². The average molecular weight is 810 g/mol. The predicted molar refractivity (Wildman–Crippen MR) is 223 cm³/mol. The highest BCUT2D eigenvalue weighted by Crippen LogP contribution is 2.58. The third-order valence-electron chi connectivity index (χ3n) is 11.9. The van der Waals surface area contributed by atoms with Crippen LogP contribution in [0.1, 0.15) is 49.9 Å². The van der Waals surface area contributed by atoms with Crippen molar-refractivity contribution in [2.24, 2.45) is 0 Å². The number of phenols is 2. The molecule has 0 saturated carbocycles. The van der Waals surface area contributed by atoms with Crippen molar-refractivity contribution in [3.05, 3.63) is 115 Å². The van der Waals surface area contributed by atoms with Crippen LogP contribution in [0.2, 0.25) is 0 Å². The average Bonchev–Trinajstić information content (AvgIpc) is 3.48. The lowest BCUT2D eigenvalue weighted by molar-refractivity contribution is -0.385. The summed E-state index contributed by atoms with van der Waals surface area (Å²) < 4.78 is 18.2. The normalized spacial score (nSPS) is 20.8. The van der Waals surface area contributed by atoms with Gasteiger partial charge in [-0.05, 0) is 99.5 Å².